The third-order valence-electron chi connectivity index (χ3n) is 3.89. The van der Waals surface area contributed by atoms with Crippen LogP contribution in [-0.4, -0.2) is 30.5 Å². The molecule has 0 saturated carbocycles. The van der Waals surface area contributed by atoms with E-state index in [0.717, 1.165) is 21.4 Å². The molecular formula is C19H16N6OS. The predicted octanol–water partition coefficient (Wildman–Crippen LogP) is 3.40. The second-order valence-electron chi connectivity index (χ2n) is 5.80. The van der Waals surface area contributed by atoms with Gasteiger partial charge in [-0.15, -0.1) is 10.2 Å². The molecule has 7 nitrogen and oxygen atoms in total. The fourth-order valence-corrected chi connectivity index (χ4v) is 3.23. The van der Waals surface area contributed by atoms with Crippen LogP contribution in [0.4, 0.5) is 5.69 Å². The van der Waals surface area contributed by atoms with Crippen molar-refractivity contribution in [3.63, 3.8) is 0 Å². The normalized spacial score (nSPS) is 10.7. The monoisotopic (exact) mass is 376 g/mol. The molecule has 0 atom stereocenters. The Balaban J connectivity index is 1.41. The van der Waals surface area contributed by atoms with Gasteiger partial charge in [-0.25, -0.2) is 4.68 Å². The topological polar surface area (TPSA) is 77.6 Å². The summed E-state index contributed by atoms with van der Waals surface area (Å²) < 4.78 is 3.60. The van der Waals surface area contributed by atoms with Gasteiger partial charge in [0, 0.05) is 35.6 Å². The van der Waals surface area contributed by atoms with Crippen molar-refractivity contribution >= 4 is 23.4 Å². The van der Waals surface area contributed by atoms with Gasteiger partial charge in [-0.3, -0.25) is 4.79 Å². The first kappa shape index (κ1) is 17.0. The first-order valence-corrected chi connectivity index (χ1v) is 9.04. The molecular weight excluding hydrogens is 360 g/mol. The van der Waals surface area contributed by atoms with Crippen molar-refractivity contribution < 1.29 is 4.79 Å². The Kier molecular flexibility index (Phi) is 4.71. The van der Waals surface area contributed by atoms with Crippen LogP contribution in [0.25, 0.3) is 5.69 Å². The van der Waals surface area contributed by atoms with E-state index in [1.807, 2.05) is 60.3 Å². The molecule has 8 heteroatoms. The summed E-state index contributed by atoms with van der Waals surface area (Å²) in [6.07, 6.45) is 5.23. The molecule has 0 aliphatic heterocycles. The van der Waals surface area contributed by atoms with Gasteiger partial charge in [0.15, 0.2) is 5.16 Å². The molecule has 0 radical (unpaired) electrons. The smallest absolute Gasteiger partial charge is 0.255 e. The fourth-order valence-electron chi connectivity index (χ4n) is 2.47. The Morgan fingerprint density at radius 2 is 1.85 bits per heavy atom. The molecule has 134 valence electrons. The average molecular weight is 376 g/mol. The zero-order chi connectivity index (χ0) is 18.6. The van der Waals surface area contributed by atoms with Gasteiger partial charge < -0.3 is 9.88 Å². The van der Waals surface area contributed by atoms with Gasteiger partial charge in [-0.1, -0.05) is 0 Å². The maximum absolute atomic E-state index is 12.4. The van der Waals surface area contributed by atoms with Crippen molar-refractivity contribution in [2.45, 2.75) is 10.1 Å². The third-order valence-corrected chi connectivity index (χ3v) is 4.95. The summed E-state index contributed by atoms with van der Waals surface area (Å²) in [6, 6.07) is 16.8. The van der Waals surface area contributed by atoms with Crippen molar-refractivity contribution in [2.75, 3.05) is 5.32 Å². The first-order valence-electron chi connectivity index (χ1n) is 8.22. The predicted molar refractivity (Wildman–Crippen MR) is 103 cm³/mol. The number of carbonyl (C=O) groups is 1. The van der Waals surface area contributed by atoms with E-state index in [-0.39, 0.29) is 5.91 Å². The van der Waals surface area contributed by atoms with E-state index in [1.165, 1.54) is 11.8 Å². The zero-order valence-corrected chi connectivity index (χ0v) is 15.3. The number of carbonyl (C=O) groups excluding carboxylic acids is 1. The highest BCUT2D eigenvalue weighted by Gasteiger charge is 2.08. The molecule has 4 rings (SSSR count). The summed E-state index contributed by atoms with van der Waals surface area (Å²) in [5.41, 5.74) is 2.23. The molecule has 27 heavy (non-hydrogen) atoms. The molecule has 2 heterocycles. The second-order valence-corrected chi connectivity index (χ2v) is 6.84. The molecule has 0 aliphatic carbocycles. The van der Waals surface area contributed by atoms with E-state index >= 15 is 0 Å². The van der Waals surface area contributed by atoms with Gasteiger partial charge >= 0.3 is 0 Å². The van der Waals surface area contributed by atoms with Crippen LogP contribution in [0.1, 0.15) is 10.4 Å². The van der Waals surface area contributed by atoms with Crippen molar-refractivity contribution in [2.24, 2.45) is 7.05 Å². The summed E-state index contributed by atoms with van der Waals surface area (Å²) in [4.78, 5) is 13.5. The van der Waals surface area contributed by atoms with Crippen LogP contribution in [0.15, 0.2) is 83.4 Å². The van der Waals surface area contributed by atoms with Crippen molar-refractivity contribution in [3.05, 3.63) is 78.9 Å². The summed E-state index contributed by atoms with van der Waals surface area (Å²) in [6.45, 7) is 0. The maximum Gasteiger partial charge on any atom is 0.255 e. The molecule has 0 spiro atoms. The minimum atomic E-state index is -0.157. The van der Waals surface area contributed by atoms with Crippen LogP contribution >= 0.6 is 11.8 Å². The van der Waals surface area contributed by atoms with Gasteiger partial charge in [0.2, 0.25) is 0 Å². The molecule has 0 fully saturated rings. The molecule has 0 aliphatic rings. The molecule has 1 amide bonds. The number of amides is 1. The van der Waals surface area contributed by atoms with Gasteiger partial charge in [-0.05, 0) is 66.4 Å². The number of nitrogens with zero attached hydrogens (tertiary/aromatic N) is 5. The van der Waals surface area contributed by atoms with Crippen LogP contribution in [0, 0.1) is 0 Å². The lowest BCUT2D eigenvalue weighted by Gasteiger charge is -2.07. The quantitative estimate of drug-likeness (QED) is 0.578. The van der Waals surface area contributed by atoms with E-state index in [1.54, 1.807) is 29.3 Å². The van der Waals surface area contributed by atoms with Crippen LogP contribution in [0.5, 0.6) is 0 Å². The molecule has 1 N–H and O–H groups in total. The van der Waals surface area contributed by atoms with Crippen molar-refractivity contribution in [1.82, 2.24) is 24.5 Å². The summed E-state index contributed by atoms with van der Waals surface area (Å²) >= 11 is 1.51. The van der Waals surface area contributed by atoms with Crippen LogP contribution in [0.2, 0.25) is 0 Å². The Bertz CT molecular complexity index is 1040. The second kappa shape index (κ2) is 7.46. The van der Waals surface area contributed by atoms with Gasteiger partial charge in [0.25, 0.3) is 5.91 Å². The fraction of sp³-hybridized carbons (Fsp3) is 0.0526. The summed E-state index contributed by atoms with van der Waals surface area (Å²) in [5.74, 6) is -0.157. The number of aryl methyl sites for hydroxylation is 1. The van der Waals surface area contributed by atoms with E-state index < -0.39 is 0 Å². The van der Waals surface area contributed by atoms with Gasteiger partial charge in [0.1, 0.15) is 6.33 Å². The number of anilines is 1. The highest BCUT2D eigenvalue weighted by molar-refractivity contribution is 7.99. The van der Waals surface area contributed by atoms with Crippen molar-refractivity contribution in [3.8, 4) is 5.69 Å². The maximum atomic E-state index is 12.4. The van der Waals surface area contributed by atoms with Crippen LogP contribution in [0.3, 0.4) is 0 Å². The number of aromatic nitrogens is 5. The SMILES string of the molecule is Cn1cnnc1Sc1ccc(NC(=O)c2ccc(-n3cccn3)cc2)cc1. The highest BCUT2D eigenvalue weighted by Crippen LogP contribution is 2.26. The third kappa shape index (κ3) is 3.90. The minimum Gasteiger partial charge on any atom is -0.322 e. The number of rotatable bonds is 5. The van der Waals surface area contributed by atoms with E-state index in [4.69, 9.17) is 0 Å². The largest absolute Gasteiger partial charge is 0.322 e. The Morgan fingerprint density at radius 3 is 2.48 bits per heavy atom. The van der Waals surface area contributed by atoms with Gasteiger partial charge in [-0.2, -0.15) is 5.10 Å². The van der Waals surface area contributed by atoms with Crippen molar-refractivity contribution in [1.29, 1.82) is 0 Å². The summed E-state index contributed by atoms with van der Waals surface area (Å²) in [7, 11) is 1.90. The lowest BCUT2D eigenvalue weighted by atomic mass is 10.2. The standard InChI is InChI=1S/C19H16N6OS/c1-24-13-20-23-19(24)27-17-9-5-15(6-10-17)22-18(26)14-3-7-16(8-4-14)25-12-2-11-21-25/h2-13H,1H3,(H,22,26). The molecule has 0 unspecified atom stereocenters. The molecule has 2 aromatic carbocycles. The average Bonchev–Trinajstić information content (AvgIpc) is 3.36. The Hall–Kier alpha value is -3.39. The first-order chi connectivity index (χ1) is 13.2. The molecule has 0 saturated heterocycles. The number of benzene rings is 2. The van der Waals surface area contributed by atoms with Crippen LogP contribution in [-0.2, 0) is 7.05 Å². The zero-order valence-electron chi connectivity index (χ0n) is 14.5. The van der Waals surface area contributed by atoms with E-state index in [0.29, 0.717) is 5.56 Å². The minimum absolute atomic E-state index is 0.157. The number of hydrogen-bond acceptors (Lipinski definition) is 5. The van der Waals surface area contributed by atoms with E-state index in [9.17, 15) is 4.79 Å². The van der Waals surface area contributed by atoms with Gasteiger partial charge in [0.05, 0.1) is 5.69 Å². The molecule has 2 aromatic heterocycles. The molecule has 0 bridgehead atoms. The number of nitrogens with one attached hydrogen (secondary N) is 1. The number of hydrogen-bond donors (Lipinski definition) is 1. The highest BCUT2D eigenvalue weighted by atomic mass is 32.2. The van der Waals surface area contributed by atoms with E-state index in [2.05, 4.69) is 20.6 Å². The Labute approximate surface area is 160 Å². The van der Waals surface area contributed by atoms with Crippen LogP contribution < -0.4 is 5.32 Å². The lowest BCUT2D eigenvalue weighted by Crippen LogP contribution is -2.11. The molecule has 4 aromatic rings. The summed E-state index contributed by atoms with van der Waals surface area (Å²) in [5, 5.41) is 15.8. The lowest BCUT2D eigenvalue weighted by molar-refractivity contribution is 0.102. The Morgan fingerprint density at radius 1 is 1.07 bits per heavy atom.